The molecule has 0 radical (unpaired) electrons. The molecule has 1 N–H and O–H groups in total. The van der Waals surface area contributed by atoms with Crippen LogP contribution in [-0.2, 0) is 0 Å². The molecule has 1 atom stereocenters. The highest BCUT2D eigenvalue weighted by atomic mass is 14.9. The molecule has 0 saturated heterocycles. The molecule has 1 heteroatoms. The molecular weight excluding hydrogens is 218 g/mol. The quantitative estimate of drug-likeness (QED) is 0.741. The lowest BCUT2D eigenvalue weighted by Crippen LogP contribution is -2.13. The van der Waals surface area contributed by atoms with Crippen molar-refractivity contribution in [1.82, 2.24) is 0 Å². The summed E-state index contributed by atoms with van der Waals surface area (Å²) in [5.41, 5.74) is 3.66. The number of rotatable bonds is 5. The maximum Gasteiger partial charge on any atom is 0.0342 e. The minimum absolute atomic E-state index is 0.421. The first-order valence-corrected chi connectivity index (χ1v) is 6.32. The fourth-order valence-corrected chi connectivity index (χ4v) is 1.98. The molecule has 0 spiro atoms. The smallest absolute Gasteiger partial charge is 0.0342 e. The topological polar surface area (TPSA) is 12.0 Å². The zero-order chi connectivity index (χ0) is 12.8. The first kappa shape index (κ1) is 12.4. The van der Waals surface area contributed by atoms with Crippen LogP contribution in [0.5, 0.6) is 0 Å². The number of hydrogen-bond donors (Lipinski definition) is 1. The van der Waals surface area contributed by atoms with E-state index in [9.17, 15) is 0 Å². The molecule has 0 fully saturated rings. The standard InChI is InChI=1S/C17H19N/c1-3-7-14(2)18-17-12-10-16(11-13-17)15-8-5-4-6-9-15/h3-6,8-14,18H,1,7H2,2H3. The van der Waals surface area contributed by atoms with Crippen molar-refractivity contribution in [2.75, 3.05) is 5.32 Å². The van der Waals surface area contributed by atoms with Crippen LogP contribution in [0.2, 0.25) is 0 Å². The van der Waals surface area contributed by atoms with Crippen molar-refractivity contribution in [2.24, 2.45) is 0 Å². The first-order valence-electron chi connectivity index (χ1n) is 6.32. The Labute approximate surface area is 109 Å². The molecule has 18 heavy (non-hydrogen) atoms. The van der Waals surface area contributed by atoms with Gasteiger partial charge < -0.3 is 5.32 Å². The third kappa shape index (κ3) is 3.24. The van der Waals surface area contributed by atoms with E-state index in [0.29, 0.717) is 6.04 Å². The normalized spacial score (nSPS) is 11.8. The van der Waals surface area contributed by atoms with Gasteiger partial charge in [0.25, 0.3) is 0 Å². The minimum Gasteiger partial charge on any atom is -0.382 e. The second-order valence-electron chi connectivity index (χ2n) is 4.51. The van der Waals surface area contributed by atoms with Gasteiger partial charge in [-0.2, -0.15) is 0 Å². The number of anilines is 1. The van der Waals surface area contributed by atoms with Crippen molar-refractivity contribution >= 4 is 5.69 Å². The molecule has 0 aliphatic heterocycles. The van der Waals surface area contributed by atoms with Crippen LogP contribution in [0.4, 0.5) is 5.69 Å². The van der Waals surface area contributed by atoms with Gasteiger partial charge in [0.05, 0.1) is 0 Å². The average Bonchev–Trinajstić information content (AvgIpc) is 2.41. The third-order valence-electron chi connectivity index (χ3n) is 2.93. The molecule has 0 heterocycles. The lowest BCUT2D eigenvalue weighted by molar-refractivity contribution is 0.814. The van der Waals surface area contributed by atoms with Crippen LogP contribution < -0.4 is 5.32 Å². The van der Waals surface area contributed by atoms with Gasteiger partial charge in [-0.1, -0.05) is 48.5 Å². The van der Waals surface area contributed by atoms with Crippen molar-refractivity contribution in [1.29, 1.82) is 0 Å². The van der Waals surface area contributed by atoms with Gasteiger partial charge in [0.15, 0.2) is 0 Å². The van der Waals surface area contributed by atoms with Gasteiger partial charge in [0.1, 0.15) is 0 Å². The van der Waals surface area contributed by atoms with Crippen LogP contribution in [0.1, 0.15) is 13.3 Å². The predicted octanol–water partition coefficient (Wildman–Crippen LogP) is 4.73. The van der Waals surface area contributed by atoms with E-state index in [-0.39, 0.29) is 0 Å². The SMILES string of the molecule is C=CCC(C)Nc1ccc(-c2ccccc2)cc1. The molecule has 2 rings (SSSR count). The van der Waals surface area contributed by atoms with Gasteiger partial charge in [0.2, 0.25) is 0 Å². The molecule has 0 saturated carbocycles. The summed E-state index contributed by atoms with van der Waals surface area (Å²) in [5, 5.41) is 3.45. The number of hydrogen-bond acceptors (Lipinski definition) is 1. The van der Waals surface area contributed by atoms with Crippen LogP contribution in [0, 0.1) is 0 Å². The molecule has 0 amide bonds. The largest absolute Gasteiger partial charge is 0.382 e. The van der Waals surface area contributed by atoms with Crippen molar-refractivity contribution in [3.05, 3.63) is 67.3 Å². The van der Waals surface area contributed by atoms with Crippen molar-refractivity contribution in [2.45, 2.75) is 19.4 Å². The van der Waals surface area contributed by atoms with Crippen molar-refractivity contribution in [3.63, 3.8) is 0 Å². The number of benzene rings is 2. The monoisotopic (exact) mass is 237 g/mol. The summed E-state index contributed by atoms with van der Waals surface area (Å²) in [6, 6.07) is 19.4. The fraction of sp³-hybridized carbons (Fsp3) is 0.176. The second-order valence-corrected chi connectivity index (χ2v) is 4.51. The van der Waals surface area contributed by atoms with Gasteiger partial charge in [-0.3, -0.25) is 0 Å². The number of nitrogens with one attached hydrogen (secondary N) is 1. The zero-order valence-corrected chi connectivity index (χ0v) is 10.8. The van der Waals surface area contributed by atoms with E-state index in [2.05, 4.69) is 67.4 Å². The Bertz CT molecular complexity index is 485. The Morgan fingerprint density at radius 3 is 2.22 bits per heavy atom. The highest BCUT2D eigenvalue weighted by molar-refractivity contribution is 5.65. The van der Waals surface area contributed by atoms with E-state index in [0.717, 1.165) is 12.1 Å². The Hall–Kier alpha value is -2.02. The van der Waals surface area contributed by atoms with Crippen LogP contribution >= 0.6 is 0 Å². The zero-order valence-electron chi connectivity index (χ0n) is 10.8. The molecule has 1 nitrogen and oxygen atoms in total. The molecule has 0 bridgehead atoms. The second kappa shape index (κ2) is 6.06. The average molecular weight is 237 g/mol. The Balaban J connectivity index is 2.08. The van der Waals surface area contributed by atoms with Gasteiger partial charge in [-0.25, -0.2) is 0 Å². The van der Waals surface area contributed by atoms with E-state index in [1.54, 1.807) is 0 Å². The van der Waals surface area contributed by atoms with Crippen LogP contribution in [0.3, 0.4) is 0 Å². The van der Waals surface area contributed by atoms with Crippen molar-refractivity contribution < 1.29 is 0 Å². The molecular formula is C17H19N. The maximum absolute atomic E-state index is 3.76. The minimum atomic E-state index is 0.421. The fourth-order valence-electron chi connectivity index (χ4n) is 1.98. The highest BCUT2D eigenvalue weighted by Crippen LogP contribution is 2.21. The molecule has 0 aliphatic carbocycles. The van der Waals surface area contributed by atoms with Crippen molar-refractivity contribution in [3.8, 4) is 11.1 Å². The molecule has 2 aromatic carbocycles. The summed E-state index contributed by atoms with van der Waals surface area (Å²) in [7, 11) is 0. The Morgan fingerprint density at radius 1 is 1.00 bits per heavy atom. The Morgan fingerprint density at radius 2 is 1.61 bits per heavy atom. The van der Waals surface area contributed by atoms with Crippen LogP contribution in [-0.4, -0.2) is 6.04 Å². The van der Waals surface area contributed by atoms with E-state index in [4.69, 9.17) is 0 Å². The molecule has 2 aromatic rings. The summed E-state index contributed by atoms with van der Waals surface area (Å²) >= 11 is 0. The van der Waals surface area contributed by atoms with Crippen LogP contribution in [0.15, 0.2) is 67.3 Å². The summed E-state index contributed by atoms with van der Waals surface area (Å²) < 4.78 is 0. The maximum atomic E-state index is 3.76. The van der Waals surface area contributed by atoms with E-state index >= 15 is 0 Å². The van der Waals surface area contributed by atoms with Gasteiger partial charge >= 0.3 is 0 Å². The van der Waals surface area contributed by atoms with Gasteiger partial charge in [-0.05, 0) is 36.6 Å². The van der Waals surface area contributed by atoms with E-state index in [1.807, 2.05) is 12.1 Å². The first-order chi connectivity index (χ1) is 8.79. The molecule has 92 valence electrons. The third-order valence-corrected chi connectivity index (χ3v) is 2.93. The predicted molar refractivity (Wildman–Crippen MR) is 79.8 cm³/mol. The lowest BCUT2D eigenvalue weighted by Gasteiger charge is -2.13. The van der Waals surface area contributed by atoms with Gasteiger partial charge in [0, 0.05) is 11.7 Å². The summed E-state index contributed by atoms with van der Waals surface area (Å²) in [4.78, 5) is 0. The summed E-state index contributed by atoms with van der Waals surface area (Å²) in [5.74, 6) is 0. The molecule has 0 aliphatic rings. The molecule has 0 aromatic heterocycles. The lowest BCUT2D eigenvalue weighted by atomic mass is 10.1. The van der Waals surface area contributed by atoms with E-state index in [1.165, 1.54) is 11.1 Å². The Kier molecular flexibility index (Phi) is 4.19. The van der Waals surface area contributed by atoms with E-state index < -0.39 is 0 Å². The molecule has 1 unspecified atom stereocenters. The summed E-state index contributed by atoms with van der Waals surface area (Å²) in [6.45, 7) is 5.92. The van der Waals surface area contributed by atoms with Crippen LogP contribution in [0.25, 0.3) is 11.1 Å². The highest BCUT2D eigenvalue weighted by Gasteiger charge is 2.00. The van der Waals surface area contributed by atoms with Gasteiger partial charge in [-0.15, -0.1) is 6.58 Å². The summed E-state index contributed by atoms with van der Waals surface area (Å²) in [6.07, 6.45) is 2.91.